The molecule has 9 heteroatoms. The van der Waals surface area contributed by atoms with Gasteiger partial charge in [0.1, 0.15) is 6.04 Å². The quantitative estimate of drug-likeness (QED) is 0.561. The molecular weight excluding hydrogens is 318 g/mol. The fourth-order valence-electron chi connectivity index (χ4n) is 2.01. The molecule has 2 atom stereocenters. The second-order valence-corrected chi connectivity index (χ2v) is 5.46. The Morgan fingerprint density at radius 3 is 2.50 bits per heavy atom. The molecule has 2 N–H and O–H groups in total. The average molecular weight is 337 g/mol. The maximum absolute atomic E-state index is 12.2. The van der Waals surface area contributed by atoms with Gasteiger partial charge in [0.15, 0.2) is 0 Å². The lowest BCUT2D eigenvalue weighted by molar-refractivity contribution is -0.384. The molecule has 0 spiro atoms. The molecular formula is C15H19N3O6. The number of non-ortho nitro benzene ring substituents is 1. The largest absolute Gasteiger partial charge is 0.481 e. The normalized spacial score (nSPS) is 12.8. The molecule has 2 amide bonds. The van der Waals surface area contributed by atoms with Gasteiger partial charge in [-0.2, -0.15) is 0 Å². The molecule has 2 unspecified atom stereocenters. The topological polar surface area (TPSA) is 130 Å². The number of hydrogen-bond donors (Lipinski definition) is 2. The number of aliphatic carboxylic acids is 1. The first-order valence-corrected chi connectivity index (χ1v) is 7.16. The Bertz CT molecular complexity index is 660. The molecule has 0 saturated carbocycles. The van der Waals surface area contributed by atoms with Crippen LogP contribution in [0.5, 0.6) is 0 Å². The van der Waals surface area contributed by atoms with Crippen molar-refractivity contribution in [2.24, 2.45) is 5.92 Å². The SMILES string of the molecule is CC(CN(C)C(=O)C(C)NC(=O)c1cccc([N+](=O)[O-])c1)C(=O)O. The number of nitrogens with zero attached hydrogens (tertiary/aromatic N) is 2. The molecule has 24 heavy (non-hydrogen) atoms. The Morgan fingerprint density at radius 1 is 1.33 bits per heavy atom. The van der Waals surface area contributed by atoms with Gasteiger partial charge in [0.05, 0.1) is 10.8 Å². The van der Waals surface area contributed by atoms with Gasteiger partial charge >= 0.3 is 5.97 Å². The van der Waals surface area contributed by atoms with Crippen molar-refractivity contribution in [1.82, 2.24) is 10.2 Å². The highest BCUT2D eigenvalue weighted by molar-refractivity contribution is 5.97. The Morgan fingerprint density at radius 2 is 1.96 bits per heavy atom. The molecule has 0 bridgehead atoms. The molecule has 0 aliphatic carbocycles. The number of likely N-dealkylation sites (N-methyl/N-ethyl adjacent to an activating group) is 1. The number of nitrogens with one attached hydrogen (secondary N) is 1. The van der Waals surface area contributed by atoms with Crippen LogP contribution in [0.3, 0.4) is 0 Å². The molecule has 0 aliphatic rings. The lowest BCUT2D eigenvalue weighted by Crippen LogP contribution is -2.47. The third kappa shape index (κ3) is 5.04. The van der Waals surface area contributed by atoms with Gasteiger partial charge in [0.25, 0.3) is 11.6 Å². The van der Waals surface area contributed by atoms with Gasteiger partial charge in [-0.05, 0) is 13.0 Å². The van der Waals surface area contributed by atoms with E-state index in [1.165, 1.54) is 44.0 Å². The maximum Gasteiger partial charge on any atom is 0.308 e. The van der Waals surface area contributed by atoms with Crippen LogP contribution in [0, 0.1) is 16.0 Å². The summed E-state index contributed by atoms with van der Waals surface area (Å²) in [6.07, 6.45) is 0. The molecule has 1 aromatic carbocycles. The zero-order chi connectivity index (χ0) is 18.4. The third-order valence-corrected chi connectivity index (χ3v) is 3.38. The fourth-order valence-corrected chi connectivity index (χ4v) is 2.01. The summed E-state index contributed by atoms with van der Waals surface area (Å²) < 4.78 is 0. The van der Waals surface area contributed by atoms with Crippen molar-refractivity contribution < 1.29 is 24.4 Å². The van der Waals surface area contributed by atoms with E-state index in [9.17, 15) is 24.5 Å². The monoisotopic (exact) mass is 337 g/mol. The summed E-state index contributed by atoms with van der Waals surface area (Å²) in [4.78, 5) is 46.4. The van der Waals surface area contributed by atoms with Crippen molar-refractivity contribution >= 4 is 23.5 Å². The number of benzene rings is 1. The number of nitro benzene ring substituents is 1. The van der Waals surface area contributed by atoms with Crippen molar-refractivity contribution in [1.29, 1.82) is 0 Å². The minimum atomic E-state index is -1.03. The Kier molecular flexibility index (Phi) is 6.39. The highest BCUT2D eigenvalue weighted by atomic mass is 16.6. The Hall–Kier alpha value is -2.97. The van der Waals surface area contributed by atoms with E-state index < -0.39 is 34.7 Å². The van der Waals surface area contributed by atoms with Gasteiger partial charge in [-0.15, -0.1) is 0 Å². The van der Waals surface area contributed by atoms with E-state index in [1.54, 1.807) is 0 Å². The molecule has 0 fully saturated rings. The van der Waals surface area contributed by atoms with Crippen LogP contribution in [-0.4, -0.2) is 52.3 Å². The fraction of sp³-hybridized carbons (Fsp3) is 0.400. The van der Waals surface area contributed by atoms with Crippen LogP contribution in [0.15, 0.2) is 24.3 Å². The third-order valence-electron chi connectivity index (χ3n) is 3.38. The first-order valence-electron chi connectivity index (χ1n) is 7.16. The second-order valence-electron chi connectivity index (χ2n) is 5.46. The van der Waals surface area contributed by atoms with Gasteiger partial charge in [0.2, 0.25) is 5.91 Å². The number of carbonyl (C=O) groups excluding carboxylic acids is 2. The standard InChI is InChI=1S/C15H19N3O6/c1-9(15(21)22)8-17(3)14(20)10(2)16-13(19)11-5-4-6-12(7-11)18(23)24/h4-7,9-10H,8H2,1-3H3,(H,16,19)(H,21,22). The zero-order valence-corrected chi connectivity index (χ0v) is 13.6. The molecule has 0 aromatic heterocycles. The number of amides is 2. The highest BCUT2D eigenvalue weighted by Gasteiger charge is 2.23. The van der Waals surface area contributed by atoms with Crippen molar-refractivity contribution in [2.45, 2.75) is 19.9 Å². The van der Waals surface area contributed by atoms with Crippen LogP contribution in [0.4, 0.5) is 5.69 Å². The summed E-state index contributed by atoms with van der Waals surface area (Å²) in [5, 5.41) is 22.0. The minimum Gasteiger partial charge on any atom is -0.481 e. The van der Waals surface area contributed by atoms with E-state index in [4.69, 9.17) is 5.11 Å². The number of rotatable bonds is 7. The lowest BCUT2D eigenvalue weighted by atomic mass is 10.1. The van der Waals surface area contributed by atoms with E-state index in [-0.39, 0.29) is 17.8 Å². The van der Waals surface area contributed by atoms with Crippen LogP contribution < -0.4 is 5.32 Å². The molecule has 0 heterocycles. The number of carboxylic acids is 1. The molecule has 9 nitrogen and oxygen atoms in total. The van der Waals surface area contributed by atoms with Crippen molar-refractivity contribution in [2.75, 3.05) is 13.6 Å². The van der Waals surface area contributed by atoms with Crippen LogP contribution in [0.1, 0.15) is 24.2 Å². The number of nitro groups is 1. The average Bonchev–Trinajstić information content (AvgIpc) is 2.53. The Balaban J connectivity index is 2.72. The van der Waals surface area contributed by atoms with Crippen LogP contribution in [0.25, 0.3) is 0 Å². The highest BCUT2D eigenvalue weighted by Crippen LogP contribution is 2.13. The number of carbonyl (C=O) groups is 3. The molecule has 1 rings (SSSR count). The van der Waals surface area contributed by atoms with Crippen molar-refractivity contribution in [3.63, 3.8) is 0 Å². The maximum atomic E-state index is 12.2. The van der Waals surface area contributed by atoms with E-state index in [0.29, 0.717) is 0 Å². The molecule has 0 radical (unpaired) electrons. The summed E-state index contributed by atoms with van der Waals surface area (Å²) in [7, 11) is 1.44. The van der Waals surface area contributed by atoms with Gasteiger partial charge < -0.3 is 15.3 Å². The summed E-state index contributed by atoms with van der Waals surface area (Å²) in [6.45, 7) is 2.93. The Labute approximate surface area is 138 Å². The molecule has 0 aliphatic heterocycles. The van der Waals surface area contributed by atoms with Crippen LogP contribution in [0.2, 0.25) is 0 Å². The van der Waals surface area contributed by atoms with E-state index in [1.807, 2.05) is 0 Å². The van der Waals surface area contributed by atoms with Gasteiger partial charge in [0, 0.05) is 31.3 Å². The minimum absolute atomic E-state index is 0.00514. The summed E-state index contributed by atoms with van der Waals surface area (Å²) in [6, 6.07) is 4.24. The van der Waals surface area contributed by atoms with E-state index in [0.717, 1.165) is 6.07 Å². The first-order chi connectivity index (χ1) is 11.1. The summed E-state index contributed by atoms with van der Waals surface area (Å²) in [5.41, 5.74) is -0.167. The van der Waals surface area contributed by atoms with Gasteiger partial charge in [-0.3, -0.25) is 24.5 Å². The summed E-state index contributed by atoms with van der Waals surface area (Å²) in [5.74, 6) is -2.84. The van der Waals surface area contributed by atoms with E-state index >= 15 is 0 Å². The molecule has 0 saturated heterocycles. The second kappa shape index (κ2) is 8.04. The van der Waals surface area contributed by atoms with Gasteiger partial charge in [-0.25, -0.2) is 0 Å². The smallest absolute Gasteiger partial charge is 0.308 e. The molecule has 1 aromatic rings. The zero-order valence-electron chi connectivity index (χ0n) is 13.6. The molecule has 130 valence electrons. The predicted octanol–water partition coefficient (Wildman–Crippen LogP) is 0.892. The van der Waals surface area contributed by atoms with Crippen molar-refractivity contribution in [3.8, 4) is 0 Å². The van der Waals surface area contributed by atoms with Crippen LogP contribution >= 0.6 is 0 Å². The summed E-state index contributed by atoms with van der Waals surface area (Å²) >= 11 is 0. The van der Waals surface area contributed by atoms with Crippen molar-refractivity contribution in [3.05, 3.63) is 39.9 Å². The predicted molar refractivity (Wildman–Crippen MR) is 84.5 cm³/mol. The van der Waals surface area contributed by atoms with Crippen LogP contribution in [-0.2, 0) is 9.59 Å². The van der Waals surface area contributed by atoms with Gasteiger partial charge in [-0.1, -0.05) is 13.0 Å². The number of carboxylic acid groups (broad SMARTS) is 1. The lowest BCUT2D eigenvalue weighted by Gasteiger charge is -2.23. The number of hydrogen-bond acceptors (Lipinski definition) is 5. The van der Waals surface area contributed by atoms with E-state index in [2.05, 4.69) is 5.32 Å². The first kappa shape index (κ1) is 19.1.